The molecule has 3 aliphatic rings. The third-order valence-electron chi connectivity index (χ3n) is 5.91. The van der Waals surface area contributed by atoms with E-state index in [1.807, 2.05) is 4.90 Å². The number of amides is 1. The summed E-state index contributed by atoms with van der Waals surface area (Å²) in [5, 5.41) is 9.92. The third kappa shape index (κ3) is 2.51. The van der Waals surface area contributed by atoms with Crippen LogP contribution in [0.1, 0.15) is 19.3 Å². The predicted molar refractivity (Wildman–Crippen MR) is 88.3 cm³/mol. The van der Waals surface area contributed by atoms with E-state index in [-0.39, 0.29) is 24.3 Å². The molecular formula is C17H22N4O4. The smallest absolute Gasteiger partial charge is 0.313 e. The first-order chi connectivity index (χ1) is 12.0. The van der Waals surface area contributed by atoms with E-state index in [1.54, 1.807) is 17.2 Å². The van der Waals surface area contributed by atoms with E-state index in [4.69, 9.17) is 4.74 Å². The minimum Gasteiger partial charge on any atom is -0.481 e. The second-order valence-electron chi connectivity index (χ2n) is 7.28. The molecule has 25 heavy (non-hydrogen) atoms. The van der Waals surface area contributed by atoms with Gasteiger partial charge in [-0.25, -0.2) is 4.98 Å². The molecule has 2 saturated heterocycles. The van der Waals surface area contributed by atoms with Crippen molar-refractivity contribution >= 4 is 17.8 Å². The summed E-state index contributed by atoms with van der Waals surface area (Å²) in [6.07, 6.45) is 4.57. The highest BCUT2D eigenvalue weighted by atomic mass is 16.5. The van der Waals surface area contributed by atoms with Crippen molar-refractivity contribution in [2.75, 3.05) is 38.2 Å². The number of fused-ring (bicyclic) bond motifs is 1. The lowest BCUT2D eigenvalue weighted by Crippen LogP contribution is -2.44. The summed E-state index contributed by atoms with van der Waals surface area (Å²) in [7, 11) is 1.54. The Morgan fingerprint density at radius 1 is 1.32 bits per heavy atom. The minimum absolute atomic E-state index is 0.0995. The van der Waals surface area contributed by atoms with Crippen LogP contribution in [0.15, 0.2) is 12.3 Å². The van der Waals surface area contributed by atoms with Gasteiger partial charge in [-0.1, -0.05) is 6.42 Å². The zero-order valence-electron chi connectivity index (χ0n) is 14.2. The van der Waals surface area contributed by atoms with Crippen molar-refractivity contribution in [1.29, 1.82) is 0 Å². The minimum atomic E-state index is -0.939. The Labute approximate surface area is 145 Å². The summed E-state index contributed by atoms with van der Waals surface area (Å²) >= 11 is 0. The number of carboxylic acids is 1. The van der Waals surface area contributed by atoms with E-state index in [0.29, 0.717) is 31.5 Å². The van der Waals surface area contributed by atoms with Gasteiger partial charge in [0.05, 0.1) is 7.11 Å². The number of rotatable bonds is 4. The molecule has 134 valence electrons. The molecule has 4 rings (SSSR count). The lowest BCUT2D eigenvalue weighted by Gasteiger charge is -2.31. The topological polar surface area (TPSA) is 95.9 Å². The molecule has 3 heterocycles. The van der Waals surface area contributed by atoms with E-state index >= 15 is 0 Å². The zero-order chi connectivity index (χ0) is 17.6. The van der Waals surface area contributed by atoms with Crippen LogP contribution in [-0.2, 0) is 9.59 Å². The standard InChI is InChI=1S/C17H22N4O4/c1-25-13-5-6-18-16(19-13)21-8-12-7-20(14(22)11-3-2-4-11)9-17(12,10-21)15(23)24/h5-6,11-12H,2-4,7-10H2,1H3,(H,23,24)/t12-,17-/m1/s1. The number of likely N-dealkylation sites (tertiary alicyclic amines) is 1. The van der Waals surface area contributed by atoms with Crippen LogP contribution in [0.4, 0.5) is 5.95 Å². The van der Waals surface area contributed by atoms with Crippen LogP contribution in [-0.4, -0.2) is 65.1 Å². The molecule has 0 aromatic carbocycles. The number of nitrogens with zero attached hydrogens (tertiary/aromatic N) is 4. The van der Waals surface area contributed by atoms with Crippen molar-refractivity contribution in [1.82, 2.24) is 14.9 Å². The number of ether oxygens (including phenoxy) is 1. The van der Waals surface area contributed by atoms with Gasteiger partial charge in [-0.2, -0.15) is 4.98 Å². The molecule has 1 aromatic rings. The third-order valence-corrected chi connectivity index (χ3v) is 5.91. The van der Waals surface area contributed by atoms with E-state index in [2.05, 4.69) is 9.97 Å². The molecule has 1 aliphatic carbocycles. The molecular weight excluding hydrogens is 324 g/mol. The molecule has 2 atom stereocenters. The summed E-state index contributed by atoms with van der Waals surface area (Å²) in [5.41, 5.74) is -0.939. The molecule has 1 N–H and O–H groups in total. The Balaban J connectivity index is 1.54. The van der Waals surface area contributed by atoms with Gasteiger partial charge in [0.2, 0.25) is 17.7 Å². The van der Waals surface area contributed by atoms with Gasteiger partial charge in [0.15, 0.2) is 0 Å². The number of anilines is 1. The second kappa shape index (κ2) is 5.86. The van der Waals surface area contributed by atoms with Crippen molar-refractivity contribution in [3.63, 3.8) is 0 Å². The van der Waals surface area contributed by atoms with Gasteiger partial charge in [0.25, 0.3) is 0 Å². The molecule has 0 spiro atoms. The molecule has 0 radical (unpaired) electrons. The van der Waals surface area contributed by atoms with Crippen LogP contribution < -0.4 is 9.64 Å². The number of aromatic nitrogens is 2. The Kier molecular flexibility index (Phi) is 3.77. The predicted octanol–water partition coefficient (Wildman–Crippen LogP) is 0.635. The normalized spacial score (nSPS) is 28.6. The van der Waals surface area contributed by atoms with Crippen molar-refractivity contribution in [2.45, 2.75) is 19.3 Å². The number of hydrogen-bond donors (Lipinski definition) is 1. The lowest BCUT2D eigenvalue weighted by molar-refractivity contribution is -0.149. The molecule has 0 unspecified atom stereocenters. The molecule has 0 bridgehead atoms. The van der Waals surface area contributed by atoms with Gasteiger partial charge in [0, 0.05) is 50.3 Å². The summed E-state index contributed by atoms with van der Waals surface area (Å²) in [6.45, 7) is 1.63. The Morgan fingerprint density at radius 3 is 2.72 bits per heavy atom. The van der Waals surface area contributed by atoms with Gasteiger partial charge in [-0.05, 0) is 12.8 Å². The zero-order valence-corrected chi connectivity index (χ0v) is 14.2. The SMILES string of the molecule is COc1ccnc(N2C[C@H]3CN(C(=O)C4CCC4)C[C@@]3(C(=O)O)C2)n1. The summed E-state index contributed by atoms with van der Waals surface area (Å²) in [5.74, 6) is 0.211. The fraction of sp³-hybridized carbons (Fsp3) is 0.647. The summed E-state index contributed by atoms with van der Waals surface area (Å²) in [4.78, 5) is 36.9. The number of methoxy groups -OCH3 is 1. The summed E-state index contributed by atoms with van der Waals surface area (Å²) < 4.78 is 5.13. The molecule has 1 saturated carbocycles. The maximum absolute atomic E-state index is 12.5. The number of hydrogen-bond acceptors (Lipinski definition) is 6. The highest BCUT2D eigenvalue weighted by molar-refractivity contribution is 5.84. The Bertz CT molecular complexity index is 708. The maximum atomic E-state index is 12.5. The van der Waals surface area contributed by atoms with Gasteiger partial charge < -0.3 is 19.6 Å². The first kappa shape index (κ1) is 16.1. The van der Waals surface area contributed by atoms with Crippen LogP contribution in [0.25, 0.3) is 0 Å². The first-order valence-corrected chi connectivity index (χ1v) is 8.67. The van der Waals surface area contributed by atoms with Gasteiger partial charge >= 0.3 is 5.97 Å². The van der Waals surface area contributed by atoms with Crippen LogP contribution in [0.3, 0.4) is 0 Å². The molecule has 3 fully saturated rings. The monoisotopic (exact) mass is 346 g/mol. The maximum Gasteiger partial charge on any atom is 0.313 e. The van der Waals surface area contributed by atoms with Crippen LogP contribution >= 0.6 is 0 Å². The average molecular weight is 346 g/mol. The fourth-order valence-electron chi connectivity index (χ4n) is 4.20. The average Bonchev–Trinajstić information content (AvgIpc) is 3.08. The van der Waals surface area contributed by atoms with Crippen molar-refractivity contribution in [2.24, 2.45) is 17.3 Å². The van der Waals surface area contributed by atoms with Crippen LogP contribution in [0.5, 0.6) is 5.88 Å². The molecule has 1 amide bonds. The van der Waals surface area contributed by atoms with E-state index < -0.39 is 11.4 Å². The highest BCUT2D eigenvalue weighted by Gasteiger charge is 2.59. The van der Waals surface area contributed by atoms with Crippen LogP contribution in [0.2, 0.25) is 0 Å². The largest absolute Gasteiger partial charge is 0.481 e. The second-order valence-corrected chi connectivity index (χ2v) is 7.28. The number of carboxylic acid groups (broad SMARTS) is 1. The highest BCUT2D eigenvalue weighted by Crippen LogP contribution is 2.45. The van der Waals surface area contributed by atoms with E-state index in [0.717, 1.165) is 19.3 Å². The Hall–Kier alpha value is -2.38. The number of carbonyl (C=O) groups is 2. The number of aliphatic carboxylic acids is 1. The molecule has 1 aromatic heterocycles. The summed E-state index contributed by atoms with van der Waals surface area (Å²) in [6, 6.07) is 1.66. The van der Waals surface area contributed by atoms with Crippen molar-refractivity contribution < 1.29 is 19.4 Å². The molecule has 8 nitrogen and oxygen atoms in total. The van der Waals surface area contributed by atoms with E-state index in [1.165, 1.54) is 7.11 Å². The fourth-order valence-corrected chi connectivity index (χ4v) is 4.20. The molecule has 2 aliphatic heterocycles. The van der Waals surface area contributed by atoms with Crippen molar-refractivity contribution in [3.8, 4) is 5.88 Å². The quantitative estimate of drug-likeness (QED) is 0.854. The van der Waals surface area contributed by atoms with Crippen LogP contribution in [0, 0.1) is 17.3 Å². The number of carbonyl (C=O) groups excluding carboxylic acids is 1. The van der Waals surface area contributed by atoms with Crippen molar-refractivity contribution in [3.05, 3.63) is 12.3 Å². The Morgan fingerprint density at radius 2 is 2.12 bits per heavy atom. The van der Waals surface area contributed by atoms with Gasteiger partial charge in [0.1, 0.15) is 5.41 Å². The first-order valence-electron chi connectivity index (χ1n) is 8.67. The molecule has 8 heteroatoms. The van der Waals surface area contributed by atoms with Gasteiger partial charge in [-0.3, -0.25) is 9.59 Å². The lowest BCUT2D eigenvalue weighted by atomic mass is 9.81. The van der Waals surface area contributed by atoms with Gasteiger partial charge in [-0.15, -0.1) is 0 Å². The van der Waals surface area contributed by atoms with E-state index in [9.17, 15) is 14.7 Å².